The Hall–Kier alpha value is -3.60. The Morgan fingerprint density at radius 2 is 1.80 bits per heavy atom. The molecule has 4 rings (SSSR count). The fraction of sp³-hybridized carbons (Fsp3) is 0.417. The van der Waals surface area contributed by atoms with Crippen LogP contribution in [0.1, 0.15) is 56.9 Å². The van der Waals surface area contributed by atoms with Gasteiger partial charge in [-0.2, -0.15) is 8.78 Å². The van der Waals surface area contributed by atoms with E-state index in [4.69, 9.17) is 0 Å². The molecule has 35 heavy (non-hydrogen) atoms. The lowest BCUT2D eigenvalue weighted by Gasteiger charge is -2.23. The third kappa shape index (κ3) is 5.91. The Bertz CT molecular complexity index is 1210. The van der Waals surface area contributed by atoms with Crippen molar-refractivity contribution in [3.05, 3.63) is 47.9 Å². The number of nitrogens with zero attached hydrogens (tertiary/aromatic N) is 6. The molecule has 3 aromatic heterocycles. The van der Waals surface area contributed by atoms with E-state index in [1.807, 2.05) is 0 Å². The maximum atomic E-state index is 13.9. The van der Waals surface area contributed by atoms with Crippen molar-refractivity contribution < 1.29 is 13.6 Å². The minimum atomic E-state index is -3.20. The van der Waals surface area contributed by atoms with Crippen molar-refractivity contribution in [1.29, 1.82) is 0 Å². The highest BCUT2D eigenvalue weighted by molar-refractivity contribution is 5.89. The standard InChI is InChI=1S/C24H28F2N8O/c1-14-9-22(33-23(30-14)24(4,25)26)32-18-10-21(31-16(3)35)29-11-17(18)20-13-27-19(12-28-20)15(2)34-7-5-6-8-34/h9-13,15H,5-8H2,1-4H3,(H2,29,30,31,32,33,35)/t15-/m1/s1. The zero-order valence-electron chi connectivity index (χ0n) is 20.1. The number of carbonyl (C=O) groups excluding carboxylic acids is 1. The summed E-state index contributed by atoms with van der Waals surface area (Å²) in [5.74, 6) is -3.59. The van der Waals surface area contributed by atoms with Crippen LogP contribution in [0.4, 0.5) is 26.1 Å². The molecule has 1 aliphatic rings. The summed E-state index contributed by atoms with van der Waals surface area (Å²) in [5.41, 5.74) is 2.85. The Labute approximate surface area is 202 Å². The second-order valence-corrected chi connectivity index (χ2v) is 8.77. The van der Waals surface area contributed by atoms with E-state index in [1.54, 1.807) is 37.6 Å². The molecule has 0 radical (unpaired) electrons. The summed E-state index contributed by atoms with van der Waals surface area (Å²) in [7, 11) is 0. The van der Waals surface area contributed by atoms with E-state index in [0.29, 0.717) is 28.5 Å². The van der Waals surface area contributed by atoms with Gasteiger partial charge in [-0.1, -0.05) is 0 Å². The van der Waals surface area contributed by atoms with Gasteiger partial charge in [0.15, 0.2) is 0 Å². The predicted molar refractivity (Wildman–Crippen MR) is 128 cm³/mol. The number of alkyl halides is 2. The van der Waals surface area contributed by atoms with Crippen LogP contribution in [0.2, 0.25) is 0 Å². The molecular weight excluding hydrogens is 454 g/mol. The van der Waals surface area contributed by atoms with Crippen LogP contribution in [0.15, 0.2) is 30.7 Å². The molecule has 1 fully saturated rings. The van der Waals surface area contributed by atoms with Gasteiger partial charge in [-0.05, 0) is 39.8 Å². The number of pyridine rings is 1. The van der Waals surface area contributed by atoms with Crippen LogP contribution in [-0.2, 0) is 10.7 Å². The second kappa shape index (κ2) is 9.95. The summed E-state index contributed by atoms with van der Waals surface area (Å²) in [4.78, 5) is 35.3. The molecule has 1 atom stereocenters. The van der Waals surface area contributed by atoms with E-state index >= 15 is 0 Å². The molecule has 1 aliphatic heterocycles. The van der Waals surface area contributed by atoms with Gasteiger partial charge in [0.25, 0.3) is 0 Å². The van der Waals surface area contributed by atoms with Crippen LogP contribution in [0, 0.1) is 6.92 Å². The Morgan fingerprint density at radius 3 is 2.43 bits per heavy atom. The Balaban J connectivity index is 1.69. The molecule has 3 aromatic rings. The fourth-order valence-electron chi connectivity index (χ4n) is 3.99. The first-order valence-electron chi connectivity index (χ1n) is 11.4. The number of aryl methyl sites for hydroxylation is 1. The molecule has 0 aliphatic carbocycles. The van der Waals surface area contributed by atoms with Crippen molar-refractivity contribution >= 4 is 23.2 Å². The quantitative estimate of drug-likeness (QED) is 0.503. The maximum Gasteiger partial charge on any atom is 0.303 e. The molecule has 1 saturated heterocycles. The van der Waals surface area contributed by atoms with Crippen molar-refractivity contribution in [3.63, 3.8) is 0 Å². The first kappa shape index (κ1) is 24.5. The summed E-state index contributed by atoms with van der Waals surface area (Å²) in [6.07, 6.45) is 7.33. The van der Waals surface area contributed by atoms with Crippen LogP contribution < -0.4 is 10.6 Å². The van der Waals surface area contributed by atoms with Crippen molar-refractivity contribution in [1.82, 2.24) is 29.8 Å². The number of rotatable bonds is 7. The van der Waals surface area contributed by atoms with Crippen LogP contribution in [0.5, 0.6) is 0 Å². The number of anilines is 3. The smallest absolute Gasteiger partial charge is 0.303 e. The third-order valence-electron chi connectivity index (χ3n) is 5.78. The van der Waals surface area contributed by atoms with Crippen molar-refractivity contribution in [3.8, 4) is 11.3 Å². The summed E-state index contributed by atoms with van der Waals surface area (Å²) in [6, 6.07) is 3.32. The molecule has 9 nitrogen and oxygen atoms in total. The zero-order chi connectivity index (χ0) is 25.2. The maximum absolute atomic E-state index is 13.9. The van der Waals surface area contributed by atoms with Crippen molar-refractivity contribution in [2.45, 2.75) is 52.5 Å². The Morgan fingerprint density at radius 1 is 1.06 bits per heavy atom. The highest BCUT2D eigenvalue weighted by Gasteiger charge is 2.29. The van der Waals surface area contributed by atoms with Gasteiger partial charge in [0, 0.05) is 43.4 Å². The van der Waals surface area contributed by atoms with Gasteiger partial charge in [0.2, 0.25) is 11.7 Å². The van der Waals surface area contributed by atoms with E-state index in [2.05, 4.69) is 47.4 Å². The molecule has 0 bridgehead atoms. The van der Waals surface area contributed by atoms with Crippen LogP contribution in [-0.4, -0.2) is 48.8 Å². The number of hydrogen-bond acceptors (Lipinski definition) is 8. The SMILES string of the molecule is CC(=O)Nc1cc(Nc2cc(C)nc(C(C)(F)F)n2)c(-c2cnc([C@@H](C)N3CCCC3)cn2)cn1. The van der Waals surface area contributed by atoms with E-state index < -0.39 is 11.7 Å². The van der Waals surface area contributed by atoms with Gasteiger partial charge >= 0.3 is 5.92 Å². The fourth-order valence-corrected chi connectivity index (χ4v) is 3.99. The van der Waals surface area contributed by atoms with Crippen LogP contribution >= 0.6 is 0 Å². The highest BCUT2D eigenvalue weighted by Crippen LogP contribution is 2.32. The number of amides is 1. The molecular formula is C24H28F2N8O. The average molecular weight is 483 g/mol. The van der Waals surface area contributed by atoms with E-state index in [1.165, 1.54) is 19.8 Å². The topological polar surface area (TPSA) is 109 Å². The van der Waals surface area contributed by atoms with Crippen molar-refractivity contribution in [2.75, 3.05) is 23.7 Å². The molecule has 0 unspecified atom stereocenters. The number of likely N-dealkylation sites (tertiary alicyclic amines) is 1. The number of hydrogen-bond donors (Lipinski definition) is 2. The molecule has 2 N–H and O–H groups in total. The average Bonchev–Trinajstić information content (AvgIpc) is 3.33. The lowest BCUT2D eigenvalue weighted by molar-refractivity contribution is -0.114. The highest BCUT2D eigenvalue weighted by atomic mass is 19.3. The van der Waals surface area contributed by atoms with Gasteiger partial charge in [-0.15, -0.1) is 0 Å². The number of carbonyl (C=O) groups is 1. The van der Waals surface area contributed by atoms with Gasteiger partial charge < -0.3 is 10.6 Å². The van der Waals surface area contributed by atoms with Gasteiger partial charge in [-0.25, -0.2) is 15.0 Å². The van der Waals surface area contributed by atoms with Crippen LogP contribution in [0.25, 0.3) is 11.3 Å². The molecule has 0 aromatic carbocycles. The van der Waals surface area contributed by atoms with E-state index in [0.717, 1.165) is 25.7 Å². The molecule has 0 spiro atoms. The molecule has 4 heterocycles. The monoisotopic (exact) mass is 482 g/mol. The number of aromatic nitrogens is 5. The lowest BCUT2D eigenvalue weighted by Crippen LogP contribution is -2.24. The predicted octanol–water partition coefficient (Wildman–Crippen LogP) is 4.61. The van der Waals surface area contributed by atoms with E-state index in [-0.39, 0.29) is 17.8 Å². The Kier molecular flexibility index (Phi) is 6.97. The number of nitrogens with one attached hydrogen (secondary N) is 2. The summed E-state index contributed by atoms with van der Waals surface area (Å²) >= 11 is 0. The van der Waals surface area contributed by atoms with Gasteiger partial charge in [-0.3, -0.25) is 19.7 Å². The second-order valence-electron chi connectivity index (χ2n) is 8.77. The minimum absolute atomic E-state index is 0.162. The number of halogens is 2. The lowest BCUT2D eigenvalue weighted by atomic mass is 10.1. The van der Waals surface area contributed by atoms with Gasteiger partial charge in [0.05, 0.1) is 35.5 Å². The normalized spacial score (nSPS) is 15.1. The first-order valence-corrected chi connectivity index (χ1v) is 11.4. The molecule has 184 valence electrons. The largest absolute Gasteiger partial charge is 0.339 e. The molecule has 11 heteroatoms. The molecule has 1 amide bonds. The van der Waals surface area contributed by atoms with E-state index in [9.17, 15) is 13.6 Å². The minimum Gasteiger partial charge on any atom is -0.339 e. The summed E-state index contributed by atoms with van der Waals surface area (Å²) in [5, 5.41) is 5.70. The third-order valence-corrected chi connectivity index (χ3v) is 5.78. The summed E-state index contributed by atoms with van der Waals surface area (Å²) < 4.78 is 27.8. The van der Waals surface area contributed by atoms with Crippen molar-refractivity contribution in [2.24, 2.45) is 0 Å². The first-order chi connectivity index (χ1) is 16.6. The summed E-state index contributed by atoms with van der Waals surface area (Å²) in [6.45, 7) is 7.94. The van der Waals surface area contributed by atoms with Crippen LogP contribution in [0.3, 0.4) is 0 Å². The zero-order valence-corrected chi connectivity index (χ0v) is 20.1. The molecule has 0 saturated carbocycles. The van der Waals surface area contributed by atoms with Gasteiger partial charge in [0.1, 0.15) is 11.6 Å².